The third-order valence-electron chi connectivity index (χ3n) is 4.83. The lowest BCUT2D eigenvalue weighted by Gasteiger charge is -2.31. The fraction of sp³-hybridized carbons (Fsp3) is 0.286. The van der Waals surface area contributed by atoms with E-state index >= 15 is 0 Å². The van der Waals surface area contributed by atoms with Gasteiger partial charge in [-0.1, -0.05) is 41.0 Å². The zero-order valence-corrected chi connectivity index (χ0v) is 19.2. The first-order valence-electron chi connectivity index (χ1n) is 9.34. The number of halogens is 2. The first kappa shape index (κ1) is 21.6. The molecule has 0 atom stereocenters. The Kier molecular flexibility index (Phi) is 7.49. The second-order valence-electron chi connectivity index (χ2n) is 6.68. The Morgan fingerprint density at radius 1 is 1.17 bits per heavy atom. The maximum atomic E-state index is 5.92. The third-order valence-corrected chi connectivity index (χ3v) is 5.09. The van der Waals surface area contributed by atoms with Gasteiger partial charge >= 0.3 is 0 Å². The van der Waals surface area contributed by atoms with Crippen molar-refractivity contribution in [3.8, 4) is 11.4 Å². The number of hydrogen-bond acceptors (Lipinski definition) is 4. The molecule has 0 fully saturated rings. The predicted octanol–water partition coefficient (Wildman–Crippen LogP) is 4.18. The zero-order chi connectivity index (χ0) is 19.3. The number of benzene rings is 2. The standard InChI is InChI=1S/C21H22ClN5O.HI/c1-23-21(27-13-11-15-4-2-3-5-17(15)14-27)24-12-10-19-25-20(26-28-19)16-6-8-18(22)9-7-16;/h2-9H,10-14H2,1H3,(H,23,24);1H. The number of nitrogens with one attached hydrogen (secondary N) is 1. The van der Waals surface area contributed by atoms with Crippen molar-refractivity contribution in [2.24, 2.45) is 4.99 Å². The molecule has 3 aromatic rings. The summed E-state index contributed by atoms with van der Waals surface area (Å²) >= 11 is 5.92. The molecule has 6 nitrogen and oxygen atoms in total. The van der Waals surface area contributed by atoms with Gasteiger partial charge in [0.15, 0.2) is 5.96 Å². The second-order valence-corrected chi connectivity index (χ2v) is 7.12. The number of rotatable bonds is 4. The Morgan fingerprint density at radius 3 is 2.69 bits per heavy atom. The second kappa shape index (κ2) is 10.1. The minimum Gasteiger partial charge on any atom is -0.356 e. The molecular formula is C21H23ClIN5O. The highest BCUT2D eigenvalue weighted by Crippen LogP contribution is 2.19. The van der Waals surface area contributed by atoms with Gasteiger partial charge in [-0.15, -0.1) is 24.0 Å². The molecule has 152 valence electrons. The lowest BCUT2D eigenvalue weighted by molar-refractivity contribution is 0.368. The van der Waals surface area contributed by atoms with Crippen LogP contribution in [-0.4, -0.2) is 41.1 Å². The van der Waals surface area contributed by atoms with Crippen LogP contribution in [0.4, 0.5) is 0 Å². The summed E-state index contributed by atoms with van der Waals surface area (Å²) in [7, 11) is 1.81. The van der Waals surface area contributed by atoms with E-state index < -0.39 is 0 Å². The van der Waals surface area contributed by atoms with E-state index in [0.29, 0.717) is 29.7 Å². The Hall–Kier alpha value is -2.13. The van der Waals surface area contributed by atoms with Crippen LogP contribution >= 0.6 is 35.6 Å². The van der Waals surface area contributed by atoms with E-state index in [1.54, 1.807) is 0 Å². The average molecular weight is 524 g/mol. The van der Waals surface area contributed by atoms with Crippen LogP contribution in [0.2, 0.25) is 5.02 Å². The van der Waals surface area contributed by atoms with E-state index in [1.807, 2.05) is 31.3 Å². The molecule has 0 bridgehead atoms. The van der Waals surface area contributed by atoms with Crippen LogP contribution < -0.4 is 5.32 Å². The minimum absolute atomic E-state index is 0. The topological polar surface area (TPSA) is 66.5 Å². The van der Waals surface area contributed by atoms with Crippen LogP contribution in [0, 0.1) is 0 Å². The lowest BCUT2D eigenvalue weighted by atomic mass is 10.0. The molecule has 1 N–H and O–H groups in total. The van der Waals surface area contributed by atoms with Crippen LogP contribution in [-0.2, 0) is 19.4 Å². The highest BCUT2D eigenvalue weighted by atomic mass is 127. The van der Waals surface area contributed by atoms with E-state index in [4.69, 9.17) is 16.1 Å². The molecule has 0 aliphatic carbocycles. The number of hydrogen-bond donors (Lipinski definition) is 1. The maximum Gasteiger partial charge on any atom is 0.228 e. The van der Waals surface area contributed by atoms with Crippen LogP contribution in [0.25, 0.3) is 11.4 Å². The van der Waals surface area contributed by atoms with Gasteiger partial charge in [0.05, 0.1) is 0 Å². The quantitative estimate of drug-likeness (QED) is 0.316. The Labute approximate surface area is 192 Å². The van der Waals surface area contributed by atoms with E-state index in [2.05, 4.69) is 49.6 Å². The Bertz CT molecular complexity index is 973. The van der Waals surface area contributed by atoms with Gasteiger partial charge in [-0.2, -0.15) is 4.98 Å². The van der Waals surface area contributed by atoms with Crippen LogP contribution in [0.1, 0.15) is 17.0 Å². The summed E-state index contributed by atoms with van der Waals surface area (Å²) in [6, 6.07) is 16.0. The fourth-order valence-corrected chi connectivity index (χ4v) is 3.49. The molecule has 0 radical (unpaired) electrons. The summed E-state index contributed by atoms with van der Waals surface area (Å²) < 4.78 is 5.37. The monoisotopic (exact) mass is 523 g/mol. The van der Waals surface area contributed by atoms with E-state index in [0.717, 1.165) is 31.0 Å². The van der Waals surface area contributed by atoms with Gasteiger partial charge in [-0.05, 0) is 41.8 Å². The number of aromatic nitrogens is 2. The van der Waals surface area contributed by atoms with Crippen molar-refractivity contribution in [1.29, 1.82) is 0 Å². The average Bonchev–Trinajstić information content (AvgIpc) is 3.20. The molecule has 2 heterocycles. The molecule has 0 unspecified atom stereocenters. The fourth-order valence-electron chi connectivity index (χ4n) is 3.36. The minimum atomic E-state index is 0. The van der Waals surface area contributed by atoms with Gasteiger partial charge < -0.3 is 14.7 Å². The summed E-state index contributed by atoms with van der Waals surface area (Å²) in [4.78, 5) is 11.2. The van der Waals surface area contributed by atoms with Crippen molar-refractivity contribution < 1.29 is 4.52 Å². The lowest BCUT2D eigenvalue weighted by Crippen LogP contribution is -2.44. The number of aliphatic imine (C=N–C) groups is 1. The van der Waals surface area contributed by atoms with Crippen molar-refractivity contribution >= 4 is 41.5 Å². The zero-order valence-electron chi connectivity index (χ0n) is 16.1. The summed E-state index contributed by atoms with van der Waals surface area (Å²) in [5.74, 6) is 2.06. The molecule has 1 aliphatic heterocycles. The molecule has 4 rings (SSSR count). The van der Waals surface area contributed by atoms with Crippen LogP contribution in [0.3, 0.4) is 0 Å². The number of nitrogens with zero attached hydrogens (tertiary/aromatic N) is 4. The number of guanidine groups is 1. The molecule has 29 heavy (non-hydrogen) atoms. The summed E-state index contributed by atoms with van der Waals surface area (Å²) in [6.07, 6.45) is 1.66. The molecule has 1 aromatic heterocycles. The maximum absolute atomic E-state index is 5.92. The predicted molar refractivity (Wildman–Crippen MR) is 126 cm³/mol. The van der Waals surface area contributed by atoms with Crippen LogP contribution in [0.5, 0.6) is 0 Å². The smallest absolute Gasteiger partial charge is 0.228 e. The van der Waals surface area contributed by atoms with E-state index in [1.165, 1.54) is 11.1 Å². The van der Waals surface area contributed by atoms with E-state index in [-0.39, 0.29) is 24.0 Å². The van der Waals surface area contributed by atoms with Crippen molar-refractivity contribution in [3.05, 3.63) is 70.6 Å². The first-order valence-corrected chi connectivity index (χ1v) is 9.71. The van der Waals surface area contributed by atoms with Gasteiger partial charge in [0, 0.05) is 43.7 Å². The molecule has 0 spiro atoms. The number of fused-ring (bicyclic) bond motifs is 1. The summed E-state index contributed by atoms with van der Waals surface area (Å²) in [5, 5.41) is 8.14. The first-order chi connectivity index (χ1) is 13.7. The van der Waals surface area contributed by atoms with Gasteiger partial charge in [-0.25, -0.2) is 0 Å². The molecule has 8 heteroatoms. The van der Waals surface area contributed by atoms with Crippen molar-refractivity contribution in [3.63, 3.8) is 0 Å². The van der Waals surface area contributed by atoms with Crippen molar-refractivity contribution in [1.82, 2.24) is 20.4 Å². The van der Waals surface area contributed by atoms with Gasteiger partial charge in [0.2, 0.25) is 11.7 Å². The molecule has 0 amide bonds. The third kappa shape index (κ3) is 5.27. The normalized spacial score (nSPS) is 13.6. The highest BCUT2D eigenvalue weighted by molar-refractivity contribution is 14.0. The molecule has 0 saturated carbocycles. The van der Waals surface area contributed by atoms with Crippen molar-refractivity contribution in [2.75, 3.05) is 20.1 Å². The van der Waals surface area contributed by atoms with E-state index in [9.17, 15) is 0 Å². The van der Waals surface area contributed by atoms with Crippen LogP contribution in [0.15, 0.2) is 58.0 Å². The van der Waals surface area contributed by atoms with Gasteiger partial charge in [0.25, 0.3) is 0 Å². The summed E-state index contributed by atoms with van der Waals surface area (Å²) in [6.45, 7) is 2.50. The highest BCUT2D eigenvalue weighted by Gasteiger charge is 2.18. The molecule has 2 aromatic carbocycles. The van der Waals surface area contributed by atoms with Crippen molar-refractivity contribution in [2.45, 2.75) is 19.4 Å². The Morgan fingerprint density at radius 2 is 1.93 bits per heavy atom. The van der Waals surface area contributed by atoms with Gasteiger partial charge in [0.1, 0.15) is 0 Å². The SMILES string of the molecule is CN=C(NCCc1nc(-c2ccc(Cl)cc2)no1)N1CCc2ccccc2C1.I. The molecule has 1 aliphatic rings. The molecular weight excluding hydrogens is 501 g/mol. The largest absolute Gasteiger partial charge is 0.356 e. The van der Waals surface area contributed by atoms with Gasteiger partial charge in [-0.3, -0.25) is 4.99 Å². The molecule has 0 saturated heterocycles. The summed E-state index contributed by atoms with van der Waals surface area (Å²) in [5.41, 5.74) is 3.67. The Balaban J connectivity index is 0.00000240.